The minimum absolute atomic E-state index is 0.219. The minimum Gasteiger partial charge on any atom is -0.464 e. The molecule has 0 aliphatic heterocycles. The van der Waals surface area contributed by atoms with E-state index in [1.807, 2.05) is 0 Å². The first kappa shape index (κ1) is 22.7. The number of unbranched alkanes of at least 4 members (excludes halogenated alkanes) is 1. The molecule has 0 radical (unpaired) electrons. The molecule has 3 unspecified atom stereocenters. The number of hydrogen-bond acceptors (Lipinski definition) is 4. The number of ether oxygens (including phenoxy) is 2. The number of benzene rings is 1. The summed E-state index contributed by atoms with van der Waals surface area (Å²) in [4.78, 5) is 24.2. The van der Waals surface area contributed by atoms with Gasteiger partial charge in [0.15, 0.2) is 5.60 Å². The van der Waals surface area contributed by atoms with Crippen molar-refractivity contribution in [3.63, 3.8) is 0 Å². The molecule has 0 saturated heterocycles. The average molecular weight is 413 g/mol. The second kappa shape index (κ2) is 10.4. The number of esters is 1. The predicted octanol–water partition coefficient (Wildman–Crippen LogP) is 5.16. The zero-order valence-corrected chi connectivity index (χ0v) is 18.6. The number of Topliss-reactive ketones (excluding diaryl/α,β-unsaturated/α-hetero) is 1. The lowest BCUT2D eigenvalue weighted by Crippen LogP contribution is -2.37. The van der Waals surface area contributed by atoms with Crippen molar-refractivity contribution in [1.82, 2.24) is 0 Å². The monoisotopic (exact) mass is 412 g/mol. The highest BCUT2D eigenvalue weighted by Gasteiger charge is 2.59. The number of carbonyl (C=O) groups excluding carboxylic acids is 2. The quantitative estimate of drug-likeness (QED) is 0.270. The molecule has 3 rings (SSSR count). The Balaban J connectivity index is 1.34. The maximum absolute atomic E-state index is 12.3. The molecule has 164 valence electrons. The van der Waals surface area contributed by atoms with E-state index >= 15 is 0 Å². The van der Waals surface area contributed by atoms with Crippen LogP contribution in [0.5, 0.6) is 0 Å². The summed E-state index contributed by atoms with van der Waals surface area (Å²) in [6.45, 7) is 6.16. The zero-order chi connectivity index (χ0) is 21.6. The van der Waals surface area contributed by atoms with Crippen LogP contribution in [0.2, 0.25) is 0 Å². The molecule has 0 bridgehead atoms. The molecule has 1 aromatic rings. The summed E-state index contributed by atoms with van der Waals surface area (Å²) in [5.74, 6) is 2.08. The molecule has 2 fully saturated rings. The Hall–Kier alpha value is -1.94. The summed E-state index contributed by atoms with van der Waals surface area (Å²) in [6, 6.07) is 10.6. The fourth-order valence-electron chi connectivity index (χ4n) is 4.80. The summed E-state index contributed by atoms with van der Waals surface area (Å²) in [7, 11) is 0. The maximum atomic E-state index is 12.3. The Labute approximate surface area is 181 Å². The van der Waals surface area contributed by atoms with Crippen LogP contribution in [-0.4, -0.2) is 30.6 Å². The summed E-state index contributed by atoms with van der Waals surface area (Å²) in [5.41, 5.74) is 0.468. The standard InChI is InChI=1S/C26H36O4/c1-4-29-25(28)26(2,3)30-17-11-10-16-21-23(27)18-22-20(24(21)22)15-9-8-14-19-12-6-5-7-13-19/h5-7,9,12-13,15,20-22,24H,4,8,10-11,14,16-18H2,1-3H3/b15-9+/t20?,21-,22?,24?/m1/s1. The Morgan fingerprint density at radius 1 is 1.20 bits per heavy atom. The molecule has 4 atom stereocenters. The van der Waals surface area contributed by atoms with Crippen molar-refractivity contribution in [1.29, 1.82) is 0 Å². The van der Waals surface area contributed by atoms with E-state index < -0.39 is 5.60 Å². The second-order valence-electron chi connectivity index (χ2n) is 9.12. The van der Waals surface area contributed by atoms with Gasteiger partial charge < -0.3 is 9.47 Å². The van der Waals surface area contributed by atoms with Crippen LogP contribution in [0, 0.1) is 23.7 Å². The molecule has 0 spiro atoms. The lowest BCUT2D eigenvalue weighted by Gasteiger charge is -2.23. The molecule has 1 aromatic carbocycles. The molecule has 4 heteroatoms. The lowest BCUT2D eigenvalue weighted by atomic mass is 9.93. The number of hydrogen-bond donors (Lipinski definition) is 0. The van der Waals surface area contributed by atoms with Gasteiger partial charge in [-0.15, -0.1) is 0 Å². The molecule has 4 nitrogen and oxygen atoms in total. The van der Waals surface area contributed by atoms with Gasteiger partial charge in [0.05, 0.1) is 6.61 Å². The van der Waals surface area contributed by atoms with E-state index in [-0.39, 0.29) is 11.9 Å². The van der Waals surface area contributed by atoms with Gasteiger partial charge in [0, 0.05) is 18.9 Å². The first-order valence-electron chi connectivity index (χ1n) is 11.5. The van der Waals surface area contributed by atoms with Crippen LogP contribution >= 0.6 is 0 Å². The van der Waals surface area contributed by atoms with Crippen LogP contribution in [0.25, 0.3) is 0 Å². The number of allylic oxidation sites excluding steroid dienone is 2. The Kier molecular flexibility index (Phi) is 7.87. The molecule has 2 aliphatic carbocycles. The maximum Gasteiger partial charge on any atom is 0.337 e. The van der Waals surface area contributed by atoms with Gasteiger partial charge in [-0.1, -0.05) is 48.9 Å². The van der Waals surface area contributed by atoms with Gasteiger partial charge in [-0.2, -0.15) is 0 Å². The van der Waals surface area contributed by atoms with E-state index in [2.05, 4.69) is 42.5 Å². The highest BCUT2D eigenvalue weighted by atomic mass is 16.6. The molecular formula is C26H36O4. The first-order chi connectivity index (χ1) is 14.4. The topological polar surface area (TPSA) is 52.6 Å². The molecule has 0 N–H and O–H groups in total. The van der Waals surface area contributed by atoms with E-state index in [1.54, 1.807) is 20.8 Å². The highest BCUT2D eigenvalue weighted by molar-refractivity contribution is 5.85. The Morgan fingerprint density at radius 3 is 2.70 bits per heavy atom. The Bertz CT molecular complexity index is 737. The molecule has 2 aliphatic rings. The zero-order valence-electron chi connectivity index (χ0n) is 18.6. The van der Waals surface area contributed by atoms with Crippen molar-refractivity contribution >= 4 is 11.8 Å². The SMILES string of the molecule is CCOC(=O)C(C)(C)OCCCC[C@@H]1C(=O)CC2C(/C=C/CCc3ccccc3)C21. The van der Waals surface area contributed by atoms with Gasteiger partial charge in [-0.25, -0.2) is 4.79 Å². The lowest BCUT2D eigenvalue weighted by molar-refractivity contribution is -0.167. The minimum atomic E-state index is -0.906. The molecule has 0 amide bonds. The normalized spacial score (nSPS) is 25.5. The van der Waals surface area contributed by atoms with Gasteiger partial charge in [0.25, 0.3) is 0 Å². The van der Waals surface area contributed by atoms with Crippen LogP contribution in [-0.2, 0) is 25.5 Å². The third kappa shape index (κ3) is 5.81. The van der Waals surface area contributed by atoms with Crippen molar-refractivity contribution in [3.8, 4) is 0 Å². The van der Waals surface area contributed by atoms with Gasteiger partial charge >= 0.3 is 5.97 Å². The van der Waals surface area contributed by atoms with Crippen molar-refractivity contribution < 1.29 is 19.1 Å². The second-order valence-corrected chi connectivity index (χ2v) is 9.12. The molecule has 30 heavy (non-hydrogen) atoms. The molecular weight excluding hydrogens is 376 g/mol. The van der Waals surface area contributed by atoms with Gasteiger partial charge in [-0.3, -0.25) is 4.79 Å². The van der Waals surface area contributed by atoms with Crippen LogP contribution in [0.4, 0.5) is 0 Å². The summed E-state index contributed by atoms with van der Waals surface area (Å²) >= 11 is 0. The smallest absolute Gasteiger partial charge is 0.337 e. The van der Waals surface area contributed by atoms with E-state index in [1.165, 1.54) is 5.56 Å². The number of rotatable bonds is 12. The third-order valence-corrected chi connectivity index (χ3v) is 6.55. The summed E-state index contributed by atoms with van der Waals surface area (Å²) in [6.07, 6.45) is 10.3. The van der Waals surface area contributed by atoms with Crippen molar-refractivity contribution in [2.45, 2.75) is 64.9 Å². The van der Waals surface area contributed by atoms with Crippen molar-refractivity contribution in [2.75, 3.05) is 13.2 Å². The Morgan fingerprint density at radius 2 is 1.97 bits per heavy atom. The van der Waals surface area contributed by atoms with E-state index in [4.69, 9.17) is 9.47 Å². The van der Waals surface area contributed by atoms with Crippen LogP contribution in [0.3, 0.4) is 0 Å². The molecule has 0 heterocycles. The van der Waals surface area contributed by atoms with Crippen molar-refractivity contribution in [3.05, 3.63) is 48.0 Å². The summed E-state index contributed by atoms with van der Waals surface area (Å²) < 4.78 is 10.8. The first-order valence-corrected chi connectivity index (χ1v) is 11.5. The predicted molar refractivity (Wildman–Crippen MR) is 118 cm³/mol. The van der Waals surface area contributed by atoms with Crippen LogP contribution in [0.15, 0.2) is 42.5 Å². The van der Waals surface area contributed by atoms with E-state index in [0.29, 0.717) is 36.8 Å². The fourth-order valence-corrected chi connectivity index (χ4v) is 4.80. The molecule has 0 aromatic heterocycles. The van der Waals surface area contributed by atoms with E-state index in [0.717, 1.165) is 38.5 Å². The van der Waals surface area contributed by atoms with Crippen molar-refractivity contribution in [2.24, 2.45) is 23.7 Å². The fraction of sp³-hybridized carbons (Fsp3) is 0.615. The van der Waals surface area contributed by atoms with Crippen LogP contribution in [0.1, 0.15) is 58.4 Å². The van der Waals surface area contributed by atoms with Crippen LogP contribution < -0.4 is 0 Å². The highest BCUT2D eigenvalue weighted by Crippen LogP contribution is 2.60. The number of aryl methyl sites for hydroxylation is 1. The molecule has 2 saturated carbocycles. The van der Waals surface area contributed by atoms with Gasteiger partial charge in [0.1, 0.15) is 5.78 Å². The number of carbonyl (C=O) groups is 2. The average Bonchev–Trinajstić information content (AvgIpc) is 3.28. The number of fused-ring (bicyclic) bond motifs is 1. The van der Waals surface area contributed by atoms with Gasteiger partial charge in [-0.05, 0) is 69.8 Å². The van der Waals surface area contributed by atoms with E-state index in [9.17, 15) is 9.59 Å². The number of ketones is 1. The van der Waals surface area contributed by atoms with Gasteiger partial charge in [0.2, 0.25) is 0 Å². The third-order valence-electron chi connectivity index (χ3n) is 6.55. The summed E-state index contributed by atoms with van der Waals surface area (Å²) in [5, 5.41) is 0. The largest absolute Gasteiger partial charge is 0.464 e.